The Hall–Kier alpha value is -5.56. The maximum atomic E-state index is 13.4. The number of ketones is 2. The van der Waals surface area contributed by atoms with Crippen LogP contribution >= 0.6 is 0 Å². The number of Topliss-reactive ketones (excluding diaryl/α,β-unsaturated/α-hetero) is 2. The Labute approximate surface area is 385 Å². The number of nitrogens with one attached hydrogen (secondary N) is 2. The van der Waals surface area contributed by atoms with E-state index in [4.69, 9.17) is 9.47 Å². The van der Waals surface area contributed by atoms with E-state index < -0.39 is 0 Å². The van der Waals surface area contributed by atoms with Crippen molar-refractivity contribution in [2.75, 3.05) is 27.3 Å². The van der Waals surface area contributed by atoms with Crippen molar-refractivity contribution in [1.82, 2.24) is 10.6 Å². The highest BCUT2D eigenvalue weighted by Crippen LogP contribution is 2.41. The first-order chi connectivity index (χ1) is 30.4. The molecular formula is C58H74N2O4. The third-order valence-electron chi connectivity index (χ3n) is 12.2. The second kappa shape index (κ2) is 24.5. The molecule has 2 aliphatic carbocycles. The van der Waals surface area contributed by atoms with E-state index in [0.29, 0.717) is 0 Å². The van der Waals surface area contributed by atoms with E-state index >= 15 is 0 Å². The fraction of sp³-hybridized carbons (Fsp3) is 0.379. The van der Waals surface area contributed by atoms with Crippen molar-refractivity contribution in [3.63, 3.8) is 0 Å². The molecule has 2 aromatic rings. The van der Waals surface area contributed by atoms with Crippen LogP contribution in [0.2, 0.25) is 0 Å². The van der Waals surface area contributed by atoms with Crippen LogP contribution in [0.25, 0.3) is 0 Å². The Morgan fingerprint density at radius 2 is 0.938 bits per heavy atom. The van der Waals surface area contributed by atoms with Crippen molar-refractivity contribution in [2.24, 2.45) is 10.8 Å². The molecule has 4 rings (SSSR count). The van der Waals surface area contributed by atoms with Crippen molar-refractivity contribution in [2.45, 2.75) is 107 Å². The van der Waals surface area contributed by atoms with Gasteiger partial charge in [0, 0.05) is 0 Å². The summed E-state index contributed by atoms with van der Waals surface area (Å²) >= 11 is 0. The van der Waals surface area contributed by atoms with Gasteiger partial charge in [-0.05, 0) is 149 Å². The number of hydrogen-bond donors (Lipinski definition) is 2. The Kier molecular flexibility index (Phi) is 19.5. The van der Waals surface area contributed by atoms with Crippen molar-refractivity contribution >= 4 is 11.6 Å². The molecule has 64 heavy (non-hydrogen) atoms. The predicted molar refractivity (Wildman–Crippen MR) is 270 cm³/mol. The van der Waals surface area contributed by atoms with Crippen LogP contribution in [0, 0.1) is 10.8 Å². The molecule has 2 atom stereocenters. The maximum absolute atomic E-state index is 13.4. The van der Waals surface area contributed by atoms with Gasteiger partial charge in [0.25, 0.3) is 0 Å². The fourth-order valence-electron chi connectivity index (χ4n) is 8.47. The first-order valence-electron chi connectivity index (χ1n) is 22.8. The lowest BCUT2D eigenvalue weighted by Gasteiger charge is -2.37. The van der Waals surface area contributed by atoms with Crippen LogP contribution < -0.4 is 20.1 Å². The number of benzene rings is 2. The topological polar surface area (TPSA) is 76.7 Å². The molecule has 340 valence electrons. The summed E-state index contributed by atoms with van der Waals surface area (Å²) in [4.78, 5) is 26.8. The van der Waals surface area contributed by atoms with Gasteiger partial charge in [-0.25, -0.2) is 0 Å². The number of rotatable bonds is 20. The van der Waals surface area contributed by atoms with Gasteiger partial charge >= 0.3 is 0 Å². The van der Waals surface area contributed by atoms with Crippen molar-refractivity contribution in [3.05, 3.63) is 189 Å². The summed E-state index contributed by atoms with van der Waals surface area (Å²) < 4.78 is 10.7. The second-order valence-electron chi connectivity index (χ2n) is 18.6. The Morgan fingerprint density at radius 3 is 1.31 bits per heavy atom. The molecular weight excluding hydrogens is 789 g/mol. The highest BCUT2D eigenvalue weighted by Gasteiger charge is 2.38. The molecule has 2 N–H and O–H groups in total. The zero-order valence-corrected chi connectivity index (χ0v) is 40.7. The molecule has 2 aliphatic rings. The minimum atomic E-state index is -0.185. The molecule has 0 radical (unpaired) electrons. The molecule has 0 fully saturated rings. The fourth-order valence-corrected chi connectivity index (χ4v) is 8.47. The minimum Gasteiger partial charge on any atom is -0.497 e. The maximum Gasteiger partial charge on any atom is 0.175 e. The summed E-state index contributed by atoms with van der Waals surface area (Å²) in [5, 5.41) is 7.05. The van der Waals surface area contributed by atoms with E-state index in [1.807, 2.05) is 50.2 Å². The van der Waals surface area contributed by atoms with Gasteiger partial charge in [-0.1, -0.05) is 159 Å². The summed E-state index contributed by atoms with van der Waals surface area (Å²) in [6.07, 6.45) is 32.5. The lowest BCUT2D eigenvalue weighted by atomic mass is 9.70. The van der Waals surface area contributed by atoms with Crippen LogP contribution in [0.1, 0.15) is 93.2 Å². The van der Waals surface area contributed by atoms with Gasteiger partial charge in [0.1, 0.15) is 11.5 Å². The summed E-state index contributed by atoms with van der Waals surface area (Å²) in [6, 6.07) is 15.8. The Morgan fingerprint density at radius 1 is 0.578 bits per heavy atom. The third-order valence-corrected chi connectivity index (χ3v) is 12.2. The SMILES string of the molecule is COc1cccc(CCNC2CC(C)(C)C(/C=C/C(C)=C/C=C/C(C)=C/C=C/C=C(C)/C=C/C=C(C)/C=C/C3=C(C)C(=O)C(NCCc4cccc(OC)c4)CC3(C)C)=C(C)C2=O)c1. The van der Waals surface area contributed by atoms with Crippen LogP contribution in [-0.4, -0.2) is 51.0 Å². The molecule has 6 heteroatoms. The monoisotopic (exact) mass is 863 g/mol. The molecule has 0 heterocycles. The number of ether oxygens (including phenoxy) is 2. The van der Waals surface area contributed by atoms with Gasteiger partial charge in [-0.15, -0.1) is 0 Å². The summed E-state index contributed by atoms with van der Waals surface area (Å²) in [7, 11) is 3.36. The van der Waals surface area contributed by atoms with Gasteiger partial charge < -0.3 is 20.1 Å². The number of hydrogen-bond acceptors (Lipinski definition) is 6. The lowest BCUT2D eigenvalue weighted by Crippen LogP contribution is -2.45. The van der Waals surface area contributed by atoms with Gasteiger partial charge in [-0.2, -0.15) is 0 Å². The van der Waals surface area contributed by atoms with E-state index in [1.165, 1.54) is 11.1 Å². The standard InChI is InChI=1S/C58H74N2O4/c1-41(21-15-23-43(3)29-31-51-45(5)55(61)53(39-57(51,7)8)59-35-33-47-25-17-27-49(37-47)63-11)19-13-14-20-42(2)22-16-24-44(4)30-32-52-46(6)56(62)54(40-58(52,9)10)60-36-34-48-26-18-28-50(38-48)64-12/h13-32,37-38,53-54,59-60H,33-36,39-40H2,1-12H3/b14-13+,21-15+,22-16+,31-29+,32-30+,41-19+,42-20+,43-23+,44-24+. The van der Waals surface area contributed by atoms with E-state index in [1.54, 1.807) is 14.2 Å². The highest BCUT2D eigenvalue weighted by atomic mass is 16.5. The molecule has 0 saturated heterocycles. The predicted octanol–water partition coefficient (Wildman–Crippen LogP) is 12.6. The Balaban J connectivity index is 1.25. The first kappa shape index (κ1) is 51.1. The van der Waals surface area contributed by atoms with Gasteiger partial charge in [-0.3, -0.25) is 9.59 Å². The third kappa shape index (κ3) is 15.6. The highest BCUT2D eigenvalue weighted by molar-refractivity contribution is 6.02. The average Bonchev–Trinajstić information content (AvgIpc) is 3.25. The number of allylic oxidation sites excluding steroid dienone is 20. The van der Waals surface area contributed by atoms with E-state index in [-0.39, 0.29) is 34.5 Å². The molecule has 0 amide bonds. The smallest absolute Gasteiger partial charge is 0.175 e. The molecule has 0 spiro atoms. The molecule has 0 saturated carbocycles. The van der Waals surface area contributed by atoms with Crippen LogP contribution in [-0.2, 0) is 22.4 Å². The summed E-state index contributed by atoms with van der Waals surface area (Å²) in [5.41, 5.74) is 10.5. The largest absolute Gasteiger partial charge is 0.497 e. The zero-order chi connectivity index (χ0) is 46.9. The summed E-state index contributed by atoms with van der Waals surface area (Å²) in [5.74, 6) is 2.07. The molecule has 6 nitrogen and oxygen atoms in total. The van der Waals surface area contributed by atoms with Crippen molar-refractivity contribution < 1.29 is 19.1 Å². The molecule has 0 aliphatic heterocycles. The molecule has 2 unspecified atom stereocenters. The summed E-state index contributed by atoms with van der Waals surface area (Å²) in [6.45, 7) is 22.7. The molecule has 2 aromatic carbocycles. The van der Waals surface area contributed by atoms with Gasteiger partial charge in [0.05, 0.1) is 26.3 Å². The van der Waals surface area contributed by atoms with Crippen LogP contribution in [0.4, 0.5) is 0 Å². The van der Waals surface area contributed by atoms with E-state index in [2.05, 4.69) is 163 Å². The van der Waals surface area contributed by atoms with Crippen molar-refractivity contribution in [1.29, 1.82) is 0 Å². The van der Waals surface area contributed by atoms with Gasteiger partial charge in [0.2, 0.25) is 0 Å². The van der Waals surface area contributed by atoms with E-state index in [9.17, 15) is 9.59 Å². The quantitative estimate of drug-likeness (QED) is 0.129. The first-order valence-corrected chi connectivity index (χ1v) is 22.8. The molecule has 0 aromatic heterocycles. The van der Waals surface area contributed by atoms with Gasteiger partial charge in [0.15, 0.2) is 11.6 Å². The zero-order valence-electron chi connectivity index (χ0n) is 40.7. The normalized spacial score (nSPS) is 20.4. The number of carbonyl (C=O) groups excluding carboxylic acids is 2. The van der Waals surface area contributed by atoms with Crippen LogP contribution in [0.15, 0.2) is 178 Å². The number of carbonyl (C=O) groups is 2. The second-order valence-corrected chi connectivity index (χ2v) is 18.6. The Bertz CT molecular complexity index is 2150. The van der Waals surface area contributed by atoms with Crippen LogP contribution in [0.5, 0.6) is 11.5 Å². The minimum absolute atomic E-state index is 0.129. The average molecular weight is 863 g/mol. The van der Waals surface area contributed by atoms with E-state index in [0.717, 1.165) is 94.9 Å². The van der Waals surface area contributed by atoms with Crippen molar-refractivity contribution in [3.8, 4) is 11.5 Å². The number of methoxy groups -OCH3 is 2. The lowest BCUT2D eigenvalue weighted by molar-refractivity contribution is -0.119. The van der Waals surface area contributed by atoms with Crippen LogP contribution in [0.3, 0.4) is 0 Å². The molecule has 0 bridgehead atoms.